The Morgan fingerprint density at radius 3 is 2.47 bits per heavy atom. The lowest BCUT2D eigenvalue weighted by molar-refractivity contribution is 0.0666. The predicted molar refractivity (Wildman–Crippen MR) is 158 cm³/mol. The SMILES string of the molecule is CCCC(C)(CNC(=O)c1c(C)nc2c(OCc3c(F)cccc3F)cc(C3CC3)cn12)N(Cc1ccccc1)C(=O)O. The van der Waals surface area contributed by atoms with Gasteiger partial charge in [0, 0.05) is 19.3 Å². The smallest absolute Gasteiger partial charge is 0.408 e. The average Bonchev–Trinajstić information content (AvgIpc) is 3.77. The Morgan fingerprint density at radius 2 is 1.84 bits per heavy atom. The molecule has 4 aromatic rings. The first kappa shape index (κ1) is 30.0. The van der Waals surface area contributed by atoms with Crippen LogP contribution >= 0.6 is 0 Å². The first-order valence-electron chi connectivity index (χ1n) is 14.5. The molecule has 2 amide bonds. The number of amides is 2. The van der Waals surface area contributed by atoms with Gasteiger partial charge < -0.3 is 15.2 Å². The Kier molecular flexibility index (Phi) is 8.66. The van der Waals surface area contributed by atoms with E-state index in [9.17, 15) is 23.5 Å². The van der Waals surface area contributed by atoms with Crippen LogP contribution in [0.4, 0.5) is 13.6 Å². The summed E-state index contributed by atoms with van der Waals surface area (Å²) in [5, 5.41) is 13.1. The molecule has 5 rings (SSSR count). The summed E-state index contributed by atoms with van der Waals surface area (Å²) in [6.07, 6.45) is 4.03. The summed E-state index contributed by atoms with van der Waals surface area (Å²) in [5.74, 6) is -1.19. The van der Waals surface area contributed by atoms with Gasteiger partial charge in [0.05, 0.1) is 16.8 Å². The van der Waals surface area contributed by atoms with Crippen molar-refractivity contribution in [1.82, 2.24) is 19.6 Å². The number of rotatable bonds is 12. The lowest BCUT2D eigenvalue weighted by atomic mass is 9.93. The zero-order chi connectivity index (χ0) is 30.7. The minimum absolute atomic E-state index is 0.0870. The van der Waals surface area contributed by atoms with E-state index in [1.54, 1.807) is 11.3 Å². The van der Waals surface area contributed by atoms with E-state index in [1.807, 2.05) is 56.4 Å². The van der Waals surface area contributed by atoms with Gasteiger partial charge in [0.25, 0.3) is 5.91 Å². The largest absolute Gasteiger partial charge is 0.485 e. The Hall–Kier alpha value is -4.47. The number of aryl methyl sites for hydroxylation is 1. The van der Waals surface area contributed by atoms with Crippen molar-refractivity contribution >= 4 is 17.6 Å². The normalized spacial score (nSPS) is 14.3. The van der Waals surface area contributed by atoms with Crippen LogP contribution in [0.25, 0.3) is 5.65 Å². The number of aromatic nitrogens is 2. The third kappa shape index (κ3) is 6.48. The lowest BCUT2D eigenvalue weighted by Crippen LogP contribution is -2.55. The fourth-order valence-corrected chi connectivity index (χ4v) is 5.55. The quantitative estimate of drug-likeness (QED) is 0.188. The zero-order valence-corrected chi connectivity index (χ0v) is 24.6. The van der Waals surface area contributed by atoms with Crippen LogP contribution in [0.1, 0.15) is 78.3 Å². The van der Waals surface area contributed by atoms with Gasteiger partial charge in [-0.2, -0.15) is 0 Å². The van der Waals surface area contributed by atoms with Crippen LogP contribution in [0.2, 0.25) is 0 Å². The van der Waals surface area contributed by atoms with Crippen molar-refractivity contribution in [1.29, 1.82) is 0 Å². The van der Waals surface area contributed by atoms with Gasteiger partial charge in [-0.05, 0) is 68.4 Å². The second-order valence-corrected chi connectivity index (χ2v) is 11.4. The third-order valence-corrected chi connectivity index (χ3v) is 8.06. The number of carboxylic acid groups (broad SMARTS) is 1. The predicted octanol–water partition coefficient (Wildman–Crippen LogP) is 6.85. The van der Waals surface area contributed by atoms with E-state index in [0.717, 1.165) is 24.0 Å². The maximum atomic E-state index is 14.3. The molecule has 226 valence electrons. The lowest BCUT2D eigenvalue weighted by Gasteiger charge is -2.40. The number of fused-ring (bicyclic) bond motifs is 1. The van der Waals surface area contributed by atoms with Gasteiger partial charge in [0.1, 0.15) is 23.9 Å². The molecule has 1 aliphatic rings. The van der Waals surface area contributed by atoms with Crippen molar-refractivity contribution in [2.75, 3.05) is 6.54 Å². The molecule has 1 unspecified atom stereocenters. The van der Waals surface area contributed by atoms with E-state index >= 15 is 0 Å². The highest BCUT2D eigenvalue weighted by molar-refractivity contribution is 5.95. The third-order valence-electron chi connectivity index (χ3n) is 8.06. The highest BCUT2D eigenvalue weighted by Crippen LogP contribution is 2.42. The number of halogens is 2. The van der Waals surface area contributed by atoms with Gasteiger partial charge in [-0.1, -0.05) is 49.7 Å². The topological polar surface area (TPSA) is 96.2 Å². The van der Waals surface area contributed by atoms with Gasteiger partial charge >= 0.3 is 6.09 Å². The standard InChI is InChI=1S/C33H36F2N4O4/c1-4-15-33(3,39(32(41)42)17-22-9-6-5-7-10-22)20-36-31(40)29-21(2)37-30-28(16-24(18-38(29)30)23-13-14-23)43-19-25-26(34)11-8-12-27(25)35/h5-12,16,18,23H,4,13-15,17,19-20H2,1-3H3,(H,36,40)(H,41,42). The molecule has 10 heteroatoms. The average molecular weight is 591 g/mol. The minimum Gasteiger partial charge on any atom is -0.485 e. The molecule has 2 heterocycles. The first-order valence-corrected chi connectivity index (χ1v) is 14.5. The monoisotopic (exact) mass is 590 g/mol. The zero-order valence-electron chi connectivity index (χ0n) is 24.6. The summed E-state index contributed by atoms with van der Waals surface area (Å²) in [7, 11) is 0. The van der Waals surface area contributed by atoms with Crippen LogP contribution in [0.3, 0.4) is 0 Å². The molecule has 0 spiro atoms. The number of ether oxygens (including phenoxy) is 1. The van der Waals surface area contributed by atoms with Crippen LogP contribution in [-0.2, 0) is 13.2 Å². The number of hydrogen-bond donors (Lipinski definition) is 2. The van der Waals surface area contributed by atoms with Crippen molar-refractivity contribution < 1.29 is 28.2 Å². The number of imidazole rings is 1. The van der Waals surface area contributed by atoms with Crippen molar-refractivity contribution in [3.05, 3.63) is 101 Å². The maximum absolute atomic E-state index is 14.3. The van der Waals surface area contributed by atoms with E-state index in [1.165, 1.54) is 23.1 Å². The Labute approximate surface area is 249 Å². The van der Waals surface area contributed by atoms with Crippen LogP contribution in [0, 0.1) is 18.6 Å². The summed E-state index contributed by atoms with van der Waals surface area (Å²) in [6.45, 7) is 5.47. The highest BCUT2D eigenvalue weighted by atomic mass is 19.1. The summed E-state index contributed by atoms with van der Waals surface area (Å²) in [4.78, 5) is 32.1. The summed E-state index contributed by atoms with van der Waals surface area (Å²) in [6, 6.07) is 14.8. The Bertz CT molecular complexity index is 1620. The van der Waals surface area contributed by atoms with E-state index in [-0.39, 0.29) is 25.3 Å². The Morgan fingerprint density at radius 1 is 1.14 bits per heavy atom. The highest BCUT2D eigenvalue weighted by Gasteiger charge is 2.36. The Balaban J connectivity index is 1.43. The summed E-state index contributed by atoms with van der Waals surface area (Å²) >= 11 is 0. The van der Waals surface area contributed by atoms with Crippen molar-refractivity contribution in [2.45, 2.75) is 71.1 Å². The summed E-state index contributed by atoms with van der Waals surface area (Å²) in [5.41, 5.74) is 1.83. The molecule has 2 aromatic heterocycles. The van der Waals surface area contributed by atoms with Crippen LogP contribution in [0.5, 0.6) is 5.75 Å². The fraction of sp³-hybridized carbons (Fsp3) is 0.364. The van der Waals surface area contributed by atoms with Gasteiger partial charge in [-0.25, -0.2) is 18.6 Å². The van der Waals surface area contributed by atoms with Crippen molar-refractivity contribution in [3.63, 3.8) is 0 Å². The molecule has 1 saturated carbocycles. The van der Waals surface area contributed by atoms with Crippen molar-refractivity contribution in [3.8, 4) is 5.75 Å². The molecule has 1 aliphatic carbocycles. The van der Waals surface area contributed by atoms with Crippen molar-refractivity contribution in [2.24, 2.45) is 0 Å². The van der Waals surface area contributed by atoms with E-state index < -0.39 is 29.2 Å². The van der Waals surface area contributed by atoms with E-state index in [0.29, 0.717) is 41.5 Å². The number of benzene rings is 2. The number of nitrogens with zero attached hydrogens (tertiary/aromatic N) is 3. The van der Waals surface area contributed by atoms with Crippen LogP contribution in [-0.4, -0.2) is 43.5 Å². The molecular formula is C33H36F2N4O4. The second-order valence-electron chi connectivity index (χ2n) is 11.4. The van der Waals surface area contributed by atoms with Gasteiger partial charge in [-0.3, -0.25) is 14.1 Å². The first-order chi connectivity index (χ1) is 20.6. The van der Waals surface area contributed by atoms with Crippen LogP contribution in [0.15, 0.2) is 60.8 Å². The molecule has 0 aliphatic heterocycles. The number of carbonyl (C=O) groups is 2. The number of carbonyl (C=O) groups excluding carboxylic acids is 1. The van der Waals surface area contributed by atoms with Gasteiger partial charge in [-0.15, -0.1) is 0 Å². The molecule has 2 N–H and O–H groups in total. The molecule has 0 saturated heterocycles. The van der Waals surface area contributed by atoms with E-state index in [2.05, 4.69) is 10.3 Å². The molecule has 0 radical (unpaired) electrons. The molecule has 1 atom stereocenters. The van der Waals surface area contributed by atoms with E-state index in [4.69, 9.17) is 4.74 Å². The van der Waals surface area contributed by atoms with Crippen LogP contribution < -0.4 is 10.1 Å². The second kappa shape index (κ2) is 12.4. The maximum Gasteiger partial charge on any atom is 0.408 e. The van der Waals surface area contributed by atoms with Gasteiger partial charge in [0.15, 0.2) is 11.4 Å². The molecule has 8 nitrogen and oxygen atoms in total. The molecule has 0 bridgehead atoms. The molecular weight excluding hydrogens is 554 g/mol. The van der Waals surface area contributed by atoms with Gasteiger partial charge in [0.2, 0.25) is 0 Å². The number of hydrogen-bond acceptors (Lipinski definition) is 4. The molecule has 1 fully saturated rings. The number of nitrogens with one attached hydrogen (secondary N) is 1. The summed E-state index contributed by atoms with van der Waals surface area (Å²) < 4.78 is 36.2. The molecule has 2 aromatic carbocycles. The molecule has 43 heavy (non-hydrogen) atoms. The minimum atomic E-state index is -1.07. The fourth-order valence-electron chi connectivity index (χ4n) is 5.55. The number of pyridine rings is 1.